The molecular weight excluding hydrogens is 230 g/mol. The molecule has 1 aliphatic rings. The SMILES string of the molecule is O=C(Cc1cccc(O)c1)NCC1CCC(O)C1. The molecule has 2 rings (SSSR count). The third-order valence-corrected chi connectivity index (χ3v) is 3.38. The van der Waals surface area contributed by atoms with Gasteiger partial charge in [0, 0.05) is 6.54 Å². The van der Waals surface area contributed by atoms with Crippen LogP contribution in [0.4, 0.5) is 0 Å². The lowest BCUT2D eigenvalue weighted by Crippen LogP contribution is -2.29. The number of hydrogen-bond donors (Lipinski definition) is 3. The van der Waals surface area contributed by atoms with E-state index in [4.69, 9.17) is 0 Å². The minimum absolute atomic E-state index is 0.0398. The molecule has 0 bridgehead atoms. The van der Waals surface area contributed by atoms with Gasteiger partial charge in [-0.15, -0.1) is 0 Å². The first kappa shape index (κ1) is 12.9. The van der Waals surface area contributed by atoms with Gasteiger partial charge in [-0.3, -0.25) is 4.79 Å². The lowest BCUT2D eigenvalue weighted by Gasteiger charge is -2.11. The molecule has 0 heterocycles. The van der Waals surface area contributed by atoms with E-state index in [0.29, 0.717) is 12.5 Å². The highest BCUT2D eigenvalue weighted by Gasteiger charge is 2.22. The third-order valence-electron chi connectivity index (χ3n) is 3.38. The number of hydrogen-bond acceptors (Lipinski definition) is 3. The van der Waals surface area contributed by atoms with Crippen LogP contribution < -0.4 is 5.32 Å². The Kier molecular flexibility index (Phi) is 4.20. The molecule has 0 radical (unpaired) electrons. The molecular formula is C14H19NO3. The predicted octanol–water partition coefficient (Wildman–Crippen LogP) is 1.21. The number of phenols is 1. The lowest BCUT2D eigenvalue weighted by atomic mass is 10.1. The van der Waals surface area contributed by atoms with Crippen LogP contribution in [0.15, 0.2) is 24.3 Å². The van der Waals surface area contributed by atoms with Crippen LogP contribution in [0.25, 0.3) is 0 Å². The van der Waals surface area contributed by atoms with E-state index in [1.165, 1.54) is 0 Å². The molecule has 1 amide bonds. The molecule has 1 fully saturated rings. The zero-order valence-electron chi connectivity index (χ0n) is 10.3. The topological polar surface area (TPSA) is 69.6 Å². The van der Waals surface area contributed by atoms with Crippen LogP contribution in [0.1, 0.15) is 24.8 Å². The number of aliphatic hydroxyl groups excluding tert-OH is 1. The summed E-state index contributed by atoms with van der Waals surface area (Å²) in [4.78, 5) is 11.7. The summed E-state index contributed by atoms with van der Waals surface area (Å²) in [5, 5.41) is 21.6. The van der Waals surface area contributed by atoms with Crippen LogP contribution in [0.5, 0.6) is 5.75 Å². The number of carbonyl (C=O) groups is 1. The maximum atomic E-state index is 11.7. The van der Waals surface area contributed by atoms with Gasteiger partial charge in [0.1, 0.15) is 5.75 Å². The second kappa shape index (κ2) is 5.87. The van der Waals surface area contributed by atoms with E-state index >= 15 is 0 Å². The van der Waals surface area contributed by atoms with Crippen molar-refractivity contribution >= 4 is 5.91 Å². The van der Waals surface area contributed by atoms with Gasteiger partial charge >= 0.3 is 0 Å². The van der Waals surface area contributed by atoms with Crippen molar-refractivity contribution in [3.8, 4) is 5.75 Å². The Hall–Kier alpha value is -1.55. The standard InChI is InChI=1S/C14H19NO3/c16-12-3-1-2-10(6-12)8-14(18)15-9-11-4-5-13(17)7-11/h1-3,6,11,13,16-17H,4-5,7-9H2,(H,15,18). The minimum atomic E-state index is -0.196. The highest BCUT2D eigenvalue weighted by atomic mass is 16.3. The van der Waals surface area contributed by atoms with Gasteiger partial charge in [0.2, 0.25) is 5.91 Å². The lowest BCUT2D eigenvalue weighted by molar-refractivity contribution is -0.120. The van der Waals surface area contributed by atoms with E-state index in [-0.39, 0.29) is 24.2 Å². The number of amides is 1. The van der Waals surface area contributed by atoms with Crippen molar-refractivity contribution in [3.05, 3.63) is 29.8 Å². The molecule has 0 spiro atoms. The summed E-state index contributed by atoms with van der Waals surface area (Å²) in [6.45, 7) is 0.634. The molecule has 0 aromatic heterocycles. The van der Waals surface area contributed by atoms with Gasteiger partial charge in [0.15, 0.2) is 0 Å². The number of phenolic OH excluding ortho intramolecular Hbond substituents is 1. The highest BCUT2D eigenvalue weighted by Crippen LogP contribution is 2.24. The van der Waals surface area contributed by atoms with E-state index in [0.717, 1.165) is 24.8 Å². The molecule has 4 heteroatoms. The van der Waals surface area contributed by atoms with Gasteiger partial charge < -0.3 is 15.5 Å². The van der Waals surface area contributed by atoms with Crippen molar-refractivity contribution in [2.75, 3.05) is 6.54 Å². The van der Waals surface area contributed by atoms with E-state index in [1.807, 2.05) is 6.07 Å². The zero-order chi connectivity index (χ0) is 13.0. The first-order chi connectivity index (χ1) is 8.63. The van der Waals surface area contributed by atoms with Crippen molar-refractivity contribution < 1.29 is 15.0 Å². The van der Waals surface area contributed by atoms with Crippen LogP contribution >= 0.6 is 0 Å². The van der Waals surface area contributed by atoms with Crippen LogP contribution in [0, 0.1) is 5.92 Å². The fraction of sp³-hybridized carbons (Fsp3) is 0.500. The molecule has 2 unspecified atom stereocenters. The molecule has 2 atom stereocenters. The Morgan fingerprint density at radius 2 is 2.22 bits per heavy atom. The summed E-state index contributed by atoms with van der Waals surface area (Å²) in [5.74, 6) is 0.536. The Labute approximate surface area is 107 Å². The molecule has 0 saturated heterocycles. The van der Waals surface area contributed by atoms with Gasteiger partial charge in [0.25, 0.3) is 0 Å². The zero-order valence-corrected chi connectivity index (χ0v) is 10.3. The molecule has 4 nitrogen and oxygen atoms in total. The largest absolute Gasteiger partial charge is 0.508 e. The van der Waals surface area contributed by atoms with Crippen molar-refractivity contribution in [2.24, 2.45) is 5.92 Å². The van der Waals surface area contributed by atoms with Crippen LogP contribution in [0.2, 0.25) is 0 Å². The Balaban J connectivity index is 1.75. The molecule has 1 aliphatic carbocycles. The van der Waals surface area contributed by atoms with Gasteiger partial charge in [-0.1, -0.05) is 12.1 Å². The fourth-order valence-corrected chi connectivity index (χ4v) is 2.41. The summed E-state index contributed by atoms with van der Waals surface area (Å²) < 4.78 is 0. The van der Waals surface area contributed by atoms with Crippen LogP contribution in [-0.4, -0.2) is 28.8 Å². The van der Waals surface area contributed by atoms with Crippen LogP contribution in [-0.2, 0) is 11.2 Å². The summed E-state index contributed by atoms with van der Waals surface area (Å²) in [5.41, 5.74) is 0.805. The number of aromatic hydroxyl groups is 1. The molecule has 1 saturated carbocycles. The number of aliphatic hydroxyl groups is 1. The van der Waals surface area contributed by atoms with Crippen LogP contribution in [0.3, 0.4) is 0 Å². The number of nitrogens with one attached hydrogen (secondary N) is 1. The molecule has 18 heavy (non-hydrogen) atoms. The number of benzene rings is 1. The first-order valence-corrected chi connectivity index (χ1v) is 6.36. The fourth-order valence-electron chi connectivity index (χ4n) is 2.41. The minimum Gasteiger partial charge on any atom is -0.508 e. The quantitative estimate of drug-likeness (QED) is 0.751. The second-order valence-electron chi connectivity index (χ2n) is 4.98. The molecule has 1 aromatic rings. The summed E-state index contributed by atoms with van der Waals surface area (Å²) >= 11 is 0. The predicted molar refractivity (Wildman–Crippen MR) is 68.2 cm³/mol. The molecule has 1 aromatic carbocycles. The van der Waals surface area contributed by atoms with E-state index in [9.17, 15) is 15.0 Å². The monoisotopic (exact) mass is 249 g/mol. The smallest absolute Gasteiger partial charge is 0.224 e. The summed E-state index contributed by atoms with van der Waals surface area (Å²) in [6.07, 6.45) is 2.69. The third kappa shape index (κ3) is 3.74. The first-order valence-electron chi connectivity index (χ1n) is 6.36. The van der Waals surface area contributed by atoms with Crippen molar-refractivity contribution in [1.29, 1.82) is 0 Å². The highest BCUT2D eigenvalue weighted by molar-refractivity contribution is 5.78. The Morgan fingerprint density at radius 1 is 1.39 bits per heavy atom. The van der Waals surface area contributed by atoms with E-state index < -0.39 is 0 Å². The van der Waals surface area contributed by atoms with Gasteiger partial charge in [-0.2, -0.15) is 0 Å². The van der Waals surface area contributed by atoms with Crippen molar-refractivity contribution in [3.63, 3.8) is 0 Å². The summed E-state index contributed by atoms with van der Waals surface area (Å²) in [7, 11) is 0. The van der Waals surface area contributed by atoms with Gasteiger partial charge in [0.05, 0.1) is 12.5 Å². The van der Waals surface area contributed by atoms with Gasteiger partial charge in [-0.25, -0.2) is 0 Å². The maximum absolute atomic E-state index is 11.7. The Bertz CT molecular complexity index is 419. The van der Waals surface area contributed by atoms with Crippen molar-refractivity contribution in [2.45, 2.75) is 31.8 Å². The second-order valence-corrected chi connectivity index (χ2v) is 4.98. The van der Waals surface area contributed by atoms with E-state index in [2.05, 4.69) is 5.32 Å². The normalized spacial score (nSPS) is 22.9. The van der Waals surface area contributed by atoms with Crippen molar-refractivity contribution in [1.82, 2.24) is 5.32 Å². The van der Waals surface area contributed by atoms with Gasteiger partial charge in [-0.05, 0) is 42.9 Å². The molecule has 3 N–H and O–H groups in total. The number of carbonyl (C=O) groups excluding carboxylic acids is 1. The summed E-state index contributed by atoms with van der Waals surface area (Å²) in [6, 6.07) is 6.73. The maximum Gasteiger partial charge on any atom is 0.224 e. The number of rotatable bonds is 4. The van der Waals surface area contributed by atoms with E-state index in [1.54, 1.807) is 18.2 Å². The molecule has 98 valence electrons. The Morgan fingerprint density at radius 3 is 2.89 bits per heavy atom. The molecule has 0 aliphatic heterocycles. The average Bonchev–Trinajstić information content (AvgIpc) is 2.73. The average molecular weight is 249 g/mol.